The van der Waals surface area contributed by atoms with Crippen molar-refractivity contribution in [3.8, 4) is 5.75 Å². The van der Waals surface area contributed by atoms with Gasteiger partial charge in [-0.05, 0) is 63.8 Å². The van der Waals surface area contributed by atoms with Gasteiger partial charge in [-0.25, -0.2) is 4.98 Å². The molecule has 1 aromatic heterocycles. The number of halogens is 6. The number of piperidine rings is 1. The third kappa shape index (κ3) is 6.74. The molecule has 2 fully saturated rings. The molecule has 2 aliphatic rings. The maximum absolute atomic E-state index is 13.4. The number of para-hydroxylation sites is 1. The highest BCUT2D eigenvalue weighted by molar-refractivity contribution is 5.94. The smallest absolute Gasteiger partial charge is 0.419 e. The highest BCUT2D eigenvalue weighted by Gasteiger charge is 2.44. The van der Waals surface area contributed by atoms with Gasteiger partial charge in [-0.1, -0.05) is 12.1 Å². The molecule has 2 aromatic rings. The maximum Gasteiger partial charge on any atom is 0.419 e. The first kappa shape index (κ1) is 28.5. The first-order valence-corrected chi connectivity index (χ1v) is 12.4. The fourth-order valence-electron chi connectivity index (χ4n) is 5.09. The number of carbonyl (C=O) groups is 2. The van der Waals surface area contributed by atoms with E-state index in [9.17, 15) is 35.9 Å². The van der Waals surface area contributed by atoms with E-state index < -0.39 is 47.6 Å². The standard InChI is InChI=1S/C26H28F6N4O3/c1-24(2,39-20-6-4-3-5-19(20)26(30,31)32)23(38)35-16-11-17-8-9-18(12-16)36(17)21-10-7-15(13-33-21)22(37)34-14-25(27,28)29/h3-7,10,13,16-18H,8-9,11-12,14H2,1-2H3,(H,34,37)(H,35,38)/t16?,17-,18+. The number of rotatable bonds is 7. The summed E-state index contributed by atoms with van der Waals surface area (Å²) in [5.74, 6) is -1.27. The molecule has 2 N–H and O–H groups in total. The third-order valence-electron chi connectivity index (χ3n) is 6.90. The number of alkyl halides is 6. The van der Waals surface area contributed by atoms with E-state index >= 15 is 0 Å². The molecule has 4 rings (SSSR count). The van der Waals surface area contributed by atoms with Gasteiger partial charge in [0.2, 0.25) is 0 Å². The first-order chi connectivity index (χ1) is 18.1. The van der Waals surface area contributed by atoms with Crippen LogP contribution in [0.15, 0.2) is 42.6 Å². The zero-order chi connectivity index (χ0) is 28.6. The second-order valence-electron chi connectivity index (χ2n) is 10.2. The zero-order valence-corrected chi connectivity index (χ0v) is 21.2. The Labute approximate surface area is 220 Å². The van der Waals surface area contributed by atoms with Gasteiger partial charge >= 0.3 is 12.4 Å². The predicted octanol–water partition coefficient (Wildman–Crippen LogP) is 4.87. The number of carbonyl (C=O) groups excluding carboxylic acids is 2. The van der Waals surface area contributed by atoms with Gasteiger partial charge in [0.15, 0.2) is 5.60 Å². The molecule has 1 unspecified atom stereocenters. The van der Waals surface area contributed by atoms with Crippen LogP contribution in [0.25, 0.3) is 0 Å². The van der Waals surface area contributed by atoms with Crippen molar-refractivity contribution in [3.05, 3.63) is 53.7 Å². The van der Waals surface area contributed by atoms with Gasteiger partial charge in [0.25, 0.3) is 11.8 Å². The van der Waals surface area contributed by atoms with E-state index in [1.165, 1.54) is 44.3 Å². The molecule has 39 heavy (non-hydrogen) atoms. The largest absolute Gasteiger partial charge is 0.477 e. The molecule has 2 saturated heterocycles. The van der Waals surface area contributed by atoms with Gasteiger partial charge in [0.05, 0.1) is 11.1 Å². The van der Waals surface area contributed by atoms with Crippen molar-refractivity contribution in [1.29, 1.82) is 0 Å². The number of hydrogen-bond acceptors (Lipinski definition) is 5. The van der Waals surface area contributed by atoms with Crippen LogP contribution in [0.5, 0.6) is 5.75 Å². The van der Waals surface area contributed by atoms with Crippen LogP contribution in [0.1, 0.15) is 55.5 Å². The zero-order valence-electron chi connectivity index (χ0n) is 21.2. The molecule has 2 amide bonds. The van der Waals surface area contributed by atoms with Crippen LogP contribution in [-0.2, 0) is 11.0 Å². The number of pyridine rings is 1. The number of nitrogens with one attached hydrogen (secondary N) is 2. The molecule has 0 aliphatic carbocycles. The molecule has 13 heteroatoms. The molecule has 0 saturated carbocycles. The second kappa shape index (κ2) is 10.6. The number of ether oxygens (including phenoxy) is 1. The van der Waals surface area contributed by atoms with Crippen molar-refractivity contribution in [3.63, 3.8) is 0 Å². The van der Waals surface area contributed by atoms with Gasteiger partial charge in [-0.3, -0.25) is 9.59 Å². The predicted molar refractivity (Wildman–Crippen MR) is 129 cm³/mol. The molecule has 0 radical (unpaired) electrons. The van der Waals surface area contributed by atoms with Crippen LogP contribution in [0.3, 0.4) is 0 Å². The van der Waals surface area contributed by atoms with E-state index in [4.69, 9.17) is 4.74 Å². The lowest BCUT2D eigenvalue weighted by Gasteiger charge is -2.41. The van der Waals surface area contributed by atoms with Gasteiger partial charge in [0, 0.05) is 24.3 Å². The monoisotopic (exact) mass is 558 g/mol. The van der Waals surface area contributed by atoms with E-state index in [0.29, 0.717) is 18.7 Å². The molecule has 1 aromatic carbocycles. The summed E-state index contributed by atoms with van der Waals surface area (Å²) < 4.78 is 82.7. The minimum absolute atomic E-state index is 0.00632. The molecular formula is C26H28F6N4O3. The van der Waals surface area contributed by atoms with Crippen molar-refractivity contribution in [2.45, 2.75) is 75.6 Å². The van der Waals surface area contributed by atoms with Gasteiger partial charge in [0.1, 0.15) is 18.1 Å². The number of fused-ring (bicyclic) bond motifs is 2. The molecule has 2 bridgehead atoms. The summed E-state index contributed by atoms with van der Waals surface area (Å²) in [6.45, 7) is 1.39. The molecule has 3 atom stereocenters. The third-order valence-corrected chi connectivity index (χ3v) is 6.90. The summed E-state index contributed by atoms with van der Waals surface area (Å²) in [4.78, 5) is 31.4. The molecular weight excluding hydrogens is 530 g/mol. The molecule has 7 nitrogen and oxygen atoms in total. The molecule has 212 valence electrons. The Bertz CT molecular complexity index is 1190. The Balaban J connectivity index is 1.37. The van der Waals surface area contributed by atoms with E-state index in [2.05, 4.69) is 15.2 Å². The second-order valence-corrected chi connectivity index (χ2v) is 10.2. The quantitative estimate of drug-likeness (QED) is 0.474. The van der Waals surface area contributed by atoms with E-state index in [-0.39, 0.29) is 23.7 Å². The number of amides is 2. The number of hydrogen-bond donors (Lipinski definition) is 2. The van der Waals surface area contributed by atoms with Crippen molar-refractivity contribution < 1.29 is 40.7 Å². The number of nitrogens with zero attached hydrogens (tertiary/aromatic N) is 2. The van der Waals surface area contributed by atoms with Gasteiger partial charge in [-0.2, -0.15) is 26.3 Å². The van der Waals surface area contributed by atoms with E-state index in [1.54, 1.807) is 11.4 Å². The van der Waals surface area contributed by atoms with Crippen molar-refractivity contribution in [1.82, 2.24) is 15.6 Å². The van der Waals surface area contributed by atoms with Gasteiger partial charge < -0.3 is 20.3 Å². The Morgan fingerprint density at radius 3 is 2.21 bits per heavy atom. The number of anilines is 1. The Kier molecular flexibility index (Phi) is 7.72. The van der Waals surface area contributed by atoms with Crippen LogP contribution >= 0.6 is 0 Å². The Morgan fingerprint density at radius 2 is 1.64 bits per heavy atom. The van der Waals surface area contributed by atoms with Crippen molar-refractivity contribution in [2.75, 3.05) is 11.4 Å². The maximum atomic E-state index is 13.4. The summed E-state index contributed by atoms with van der Waals surface area (Å²) in [5, 5.41) is 4.73. The lowest BCUT2D eigenvalue weighted by atomic mass is 9.96. The highest BCUT2D eigenvalue weighted by Crippen LogP contribution is 2.40. The average Bonchev–Trinajstić information content (AvgIpc) is 3.11. The van der Waals surface area contributed by atoms with Crippen LogP contribution in [0.2, 0.25) is 0 Å². The summed E-state index contributed by atoms with van der Waals surface area (Å²) in [6, 6.07) is 7.52. The van der Waals surface area contributed by atoms with Crippen LogP contribution in [0.4, 0.5) is 32.2 Å². The van der Waals surface area contributed by atoms with Crippen molar-refractivity contribution >= 4 is 17.6 Å². The SMILES string of the molecule is CC(C)(Oc1ccccc1C(F)(F)F)C(=O)NC1C[C@H]2CC[C@@H](C1)N2c1ccc(C(=O)NCC(F)(F)F)cn1. The van der Waals surface area contributed by atoms with Gasteiger partial charge in [-0.15, -0.1) is 0 Å². The van der Waals surface area contributed by atoms with E-state index in [1.807, 2.05) is 0 Å². The fourth-order valence-corrected chi connectivity index (χ4v) is 5.09. The van der Waals surface area contributed by atoms with E-state index in [0.717, 1.165) is 18.9 Å². The number of benzene rings is 1. The lowest BCUT2D eigenvalue weighted by molar-refractivity contribution is -0.143. The summed E-state index contributed by atoms with van der Waals surface area (Å²) in [7, 11) is 0. The summed E-state index contributed by atoms with van der Waals surface area (Å²) in [5.41, 5.74) is -2.53. The van der Waals surface area contributed by atoms with Crippen LogP contribution < -0.4 is 20.3 Å². The summed E-state index contributed by atoms with van der Waals surface area (Å²) >= 11 is 0. The number of aromatic nitrogens is 1. The summed E-state index contributed by atoms with van der Waals surface area (Å²) in [6.07, 6.45) is -5.14. The van der Waals surface area contributed by atoms with Crippen LogP contribution in [0, 0.1) is 0 Å². The molecule has 0 spiro atoms. The lowest BCUT2D eigenvalue weighted by Crippen LogP contribution is -2.55. The normalized spacial score (nSPS) is 21.4. The fraction of sp³-hybridized carbons (Fsp3) is 0.500. The van der Waals surface area contributed by atoms with Crippen LogP contribution in [-0.4, -0.2) is 53.2 Å². The minimum atomic E-state index is -4.63. The highest BCUT2D eigenvalue weighted by atomic mass is 19.4. The molecule has 3 heterocycles. The van der Waals surface area contributed by atoms with Crippen molar-refractivity contribution in [2.24, 2.45) is 0 Å². The average molecular weight is 559 g/mol. The molecule has 2 aliphatic heterocycles. The minimum Gasteiger partial charge on any atom is -0.477 e. The Hall–Kier alpha value is -3.51. The Morgan fingerprint density at radius 1 is 1.00 bits per heavy atom. The topological polar surface area (TPSA) is 83.6 Å². The first-order valence-electron chi connectivity index (χ1n) is 12.4.